The molecule has 5 heteroatoms. The zero-order valence-corrected chi connectivity index (χ0v) is 14.6. The van der Waals surface area contributed by atoms with E-state index in [1.807, 2.05) is 30.3 Å². The third-order valence-electron chi connectivity index (χ3n) is 3.98. The molecule has 0 spiro atoms. The second-order valence-electron chi connectivity index (χ2n) is 5.81. The Kier molecular flexibility index (Phi) is 4.37. The molecule has 2 aromatic carbocycles. The van der Waals surface area contributed by atoms with Crippen LogP contribution in [0.15, 0.2) is 66.7 Å². The lowest BCUT2D eigenvalue weighted by molar-refractivity contribution is -0.118. The summed E-state index contributed by atoms with van der Waals surface area (Å²) in [7, 11) is 0. The van der Waals surface area contributed by atoms with Crippen LogP contribution in [-0.4, -0.2) is 18.3 Å². The maximum atomic E-state index is 12.4. The maximum absolute atomic E-state index is 12.4. The van der Waals surface area contributed by atoms with Crippen LogP contribution in [0.5, 0.6) is 5.75 Å². The van der Waals surface area contributed by atoms with E-state index in [-0.39, 0.29) is 18.3 Å². The number of fused-ring (bicyclic) bond motifs is 1. The molecule has 0 saturated heterocycles. The fourth-order valence-corrected chi connectivity index (χ4v) is 3.61. The Balaban J connectivity index is 1.51. The minimum absolute atomic E-state index is 0.00230. The number of carbonyl (C=O) groups excluding carboxylic acids is 2. The molecule has 128 valence electrons. The number of ketones is 1. The van der Waals surface area contributed by atoms with Gasteiger partial charge in [0.1, 0.15) is 5.75 Å². The highest BCUT2D eigenvalue weighted by atomic mass is 32.1. The summed E-state index contributed by atoms with van der Waals surface area (Å²) >= 11 is 1.63. The lowest BCUT2D eigenvalue weighted by Crippen LogP contribution is -2.25. The van der Waals surface area contributed by atoms with Crippen molar-refractivity contribution in [1.29, 1.82) is 0 Å². The number of hydrogen-bond donors (Lipinski definition) is 1. The van der Waals surface area contributed by atoms with Crippen molar-refractivity contribution in [1.82, 2.24) is 0 Å². The molecule has 1 aliphatic heterocycles. The summed E-state index contributed by atoms with van der Waals surface area (Å²) in [5, 5.41) is 2.71. The predicted octanol–water partition coefficient (Wildman–Crippen LogP) is 4.64. The zero-order valence-electron chi connectivity index (χ0n) is 13.8. The zero-order chi connectivity index (χ0) is 17.9. The van der Waals surface area contributed by atoms with Crippen molar-refractivity contribution in [2.75, 3.05) is 11.9 Å². The first-order valence-corrected chi connectivity index (χ1v) is 8.95. The lowest BCUT2D eigenvalue weighted by atomic mass is 10.1. The summed E-state index contributed by atoms with van der Waals surface area (Å²) in [6, 6.07) is 19.2. The average molecular weight is 361 g/mol. The smallest absolute Gasteiger partial charge is 0.262 e. The van der Waals surface area contributed by atoms with Gasteiger partial charge in [0.2, 0.25) is 0 Å². The van der Waals surface area contributed by atoms with Gasteiger partial charge in [-0.25, -0.2) is 0 Å². The van der Waals surface area contributed by atoms with Crippen LogP contribution in [0.25, 0.3) is 16.5 Å². The number of thiophene rings is 1. The summed E-state index contributed by atoms with van der Waals surface area (Å²) in [5.41, 5.74) is 2.20. The molecule has 1 aliphatic rings. The minimum Gasteiger partial charge on any atom is -0.482 e. The molecule has 0 bridgehead atoms. The van der Waals surface area contributed by atoms with Gasteiger partial charge in [0, 0.05) is 15.3 Å². The Morgan fingerprint density at radius 3 is 2.77 bits per heavy atom. The molecule has 1 N–H and O–H groups in total. The molecule has 0 atom stereocenters. The van der Waals surface area contributed by atoms with E-state index in [9.17, 15) is 9.59 Å². The summed E-state index contributed by atoms with van der Waals surface area (Å²) in [5.74, 6) is 0.239. The molecule has 3 aromatic rings. The second-order valence-corrected chi connectivity index (χ2v) is 6.93. The van der Waals surface area contributed by atoms with E-state index in [0.29, 0.717) is 17.0 Å². The van der Waals surface area contributed by atoms with Crippen molar-refractivity contribution >= 4 is 34.8 Å². The van der Waals surface area contributed by atoms with Gasteiger partial charge in [-0.1, -0.05) is 30.3 Å². The monoisotopic (exact) mass is 361 g/mol. The third kappa shape index (κ3) is 3.43. The Morgan fingerprint density at radius 1 is 1.08 bits per heavy atom. The summed E-state index contributed by atoms with van der Waals surface area (Å²) in [6.07, 6.45) is 3.36. The van der Waals surface area contributed by atoms with Gasteiger partial charge in [-0.3, -0.25) is 9.59 Å². The van der Waals surface area contributed by atoms with Gasteiger partial charge in [0.25, 0.3) is 5.91 Å². The molecule has 4 rings (SSSR count). The number of nitrogens with one attached hydrogen (secondary N) is 1. The Bertz CT molecular complexity index is 1010. The van der Waals surface area contributed by atoms with Crippen molar-refractivity contribution < 1.29 is 14.3 Å². The number of rotatable bonds is 4. The molecule has 1 amide bonds. The van der Waals surface area contributed by atoms with Crippen LogP contribution in [0, 0.1) is 0 Å². The molecule has 0 fully saturated rings. The van der Waals surface area contributed by atoms with Gasteiger partial charge in [-0.15, -0.1) is 11.3 Å². The number of amides is 1. The van der Waals surface area contributed by atoms with Crippen LogP contribution < -0.4 is 10.1 Å². The average Bonchev–Trinajstić information content (AvgIpc) is 3.15. The minimum atomic E-state index is -0.218. The Labute approximate surface area is 154 Å². The fraction of sp³-hybridized carbons (Fsp3) is 0.0476. The van der Waals surface area contributed by atoms with Gasteiger partial charge >= 0.3 is 0 Å². The third-order valence-corrected chi connectivity index (χ3v) is 5.08. The normalized spacial score (nSPS) is 13.2. The number of ether oxygens (including phenoxy) is 1. The van der Waals surface area contributed by atoms with Crippen LogP contribution in [0.2, 0.25) is 0 Å². The highest BCUT2D eigenvalue weighted by molar-refractivity contribution is 7.16. The second kappa shape index (κ2) is 6.98. The van der Waals surface area contributed by atoms with Crippen molar-refractivity contribution in [2.45, 2.75) is 0 Å². The molecule has 26 heavy (non-hydrogen) atoms. The maximum Gasteiger partial charge on any atom is 0.262 e. The van der Waals surface area contributed by atoms with Crippen LogP contribution in [0.1, 0.15) is 15.2 Å². The van der Waals surface area contributed by atoms with Gasteiger partial charge < -0.3 is 10.1 Å². The SMILES string of the molecule is O=C1COc2ccc(C(=O)/C=C/c3ccc(-c4ccccc4)s3)cc2N1. The largest absolute Gasteiger partial charge is 0.482 e. The van der Waals surface area contributed by atoms with Gasteiger partial charge in [-0.05, 0) is 48.0 Å². The lowest BCUT2D eigenvalue weighted by Gasteiger charge is -2.17. The molecule has 1 aromatic heterocycles. The molecule has 0 aliphatic carbocycles. The number of anilines is 1. The topological polar surface area (TPSA) is 55.4 Å². The highest BCUT2D eigenvalue weighted by Gasteiger charge is 2.17. The Morgan fingerprint density at radius 2 is 1.92 bits per heavy atom. The fourth-order valence-electron chi connectivity index (χ4n) is 2.69. The quantitative estimate of drug-likeness (QED) is 0.544. The van der Waals surface area contributed by atoms with E-state index in [4.69, 9.17) is 4.74 Å². The molecule has 0 saturated carbocycles. The molecule has 4 nitrogen and oxygen atoms in total. The van der Waals surface area contributed by atoms with Crippen LogP contribution in [0.4, 0.5) is 5.69 Å². The van der Waals surface area contributed by atoms with E-state index in [1.165, 1.54) is 0 Å². The van der Waals surface area contributed by atoms with E-state index in [2.05, 4.69) is 23.5 Å². The summed E-state index contributed by atoms with van der Waals surface area (Å²) in [6.45, 7) is 0.00230. The molecular formula is C21H15NO3S. The molecule has 0 radical (unpaired) electrons. The highest BCUT2D eigenvalue weighted by Crippen LogP contribution is 2.30. The molecular weight excluding hydrogens is 346 g/mol. The van der Waals surface area contributed by atoms with E-state index in [1.54, 1.807) is 35.6 Å². The van der Waals surface area contributed by atoms with E-state index in [0.717, 1.165) is 15.3 Å². The van der Waals surface area contributed by atoms with Crippen LogP contribution >= 0.6 is 11.3 Å². The van der Waals surface area contributed by atoms with Crippen molar-refractivity contribution in [2.24, 2.45) is 0 Å². The van der Waals surface area contributed by atoms with Gasteiger partial charge in [0.15, 0.2) is 12.4 Å². The van der Waals surface area contributed by atoms with E-state index >= 15 is 0 Å². The Hall–Kier alpha value is -3.18. The van der Waals surface area contributed by atoms with E-state index < -0.39 is 0 Å². The first-order chi connectivity index (χ1) is 12.7. The van der Waals surface area contributed by atoms with Crippen LogP contribution in [0.3, 0.4) is 0 Å². The predicted molar refractivity (Wildman–Crippen MR) is 104 cm³/mol. The number of hydrogen-bond acceptors (Lipinski definition) is 4. The summed E-state index contributed by atoms with van der Waals surface area (Å²) in [4.78, 5) is 26.0. The van der Waals surface area contributed by atoms with Gasteiger partial charge in [-0.2, -0.15) is 0 Å². The van der Waals surface area contributed by atoms with Crippen molar-refractivity contribution in [3.05, 3.63) is 77.2 Å². The number of benzene rings is 2. The molecule has 0 unspecified atom stereocenters. The summed E-state index contributed by atoms with van der Waals surface area (Å²) < 4.78 is 5.30. The molecule has 2 heterocycles. The number of allylic oxidation sites excluding steroid dienone is 1. The standard InChI is InChI=1S/C21H15NO3S/c23-18(15-6-10-19-17(12-15)22-21(24)13-25-19)9-7-16-8-11-20(26-16)14-4-2-1-3-5-14/h1-12H,13H2,(H,22,24)/b9-7+. The first kappa shape index (κ1) is 16.3. The van der Waals surface area contributed by atoms with Crippen molar-refractivity contribution in [3.63, 3.8) is 0 Å². The van der Waals surface area contributed by atoms with Crippen LogP contribution in [-0.2, 0) is 4.79 Å². The first-order valence-electron chi connectivity index (χ1n) is 8.13. The van der Waals surface area contributed by atoms with Crippen molar-refractivity contribution in [3.8, 4) is 16.2 Å². The van der Waals surface area contributed by atoms with Gasteiger partial charge in [0.05, 0.1) is 5.69 Å². The number of carbonyl (C=O) groups is 2.